The molecule has 5 nitrogen and oxygen atoms in total. The van der Waals surface area contributed by atoms with Crippen LogP contribution in [0.5, 0.6) is 0 Å². The molecule has 2 aromatic rings. The molecule has 0 saturated carbocycles. The molecule has 6 heteroatoms. The molecule has 2 N–H and O–H groups in total. The molecule has 0 saturated heterocycles. The van der Waals surface area contributed by atoms with Crippen molar-refractivity contribution in [2.45, 2.75) is 44.8 Å². The van der Waals surface area contributed by atoms with E-state index in [1.165, 1.54) is 5.56 Å². The molecule has 2 aromatic heterocycles. The largest absolute Gasteiger partial charge is 0.324 e. The molecule has 0 aromatic carbocycles. The van der Waals surface area contributed by atoms with Crippen LogP contribution in [-0.4, -0.2) is 19.7 Å². The zero-order valence-electron chi connectivity index (χ0n) is 12.2. The molecule has 0 aliphatic heterocycles. The van der Waals surface area contributed by atoms with Crippen LogP contribution in [-0.2, 0) is 18.8 Å². The van der Waals surface area contributed by atoms with Gasteiger partial charge in [0.1, 0.15) is 5.82 Å². The van der Waals surface area contributed by atoms with E-state index in [1.807, 2.05) is 19.2 Å². The number of thioether (sulfide) groups is 1. The van der Waals surface area contributed by atoms with Crippen molar-refractivity contribution in [2.24, 2.45) is 11.7 Å². The van der Waals surface area contributed by atoms with Gasteiger partial charge in [0.25, 0.3) is 0 Å². The van der Waals surface area contributed by atoms with Crippen molar-refractivity contribution in [2.75, 3.05) is 0 Å². The number of nitrogens with zero attached hydrogens (tertiary/aromatic N) is 4. The summed E-state index contributed by atoms with van der Waals surface area (Å²) in [5.41, 5.74) is 8.02. The topological polar surface area (TPSA) is 69.6 Å². The Morgan fingerprint density at radius 2 is 2.15 bits per heavy atom. The van der Waals surface area contributed by atoms with Gasteiger partial charge in [0.15, 0.2) is 5.16 Å². The van der Waals surface area contributed by atoms with Crippen LogP contribution in [0.15, 0.2) is 23.5 Å². The molecular formula is C14H21N5S. The molecule has 0 spiro atoms. The van der Waals surface area contributed by atoms with E-state index < -0.39 is 0 Å². The van der Waals surface area contributed by atoms with Gasteiger partial charge in [0, 0.05) is 24.2 Å². The lowest BCUT2D eigenvalue weighted by molar-refractivity contribution is 0.480. The number of nitrogens with two attached hydrogens (primary N) is 1. The van der Waals surface area contributed by atoms with Crippen LogP contribution in [0.3, 0.4) is 0 Å². The Hall–Kier alpha value is -1.40. The van der Waals surface area contributed by atoms with Gasteiger partial charge in [-0.1, -0.05) is 31.7 Å². The van der Waals surface area contributed by atoms with Crippen LogP contribution in [0.2, 0.25) is 0 Å². The highest BCUT2D eigenvalue weighted by atomic mass is 32.2. The first-order chi connectivity index (χ1) is 9.61. The molecule has 0 atom stereocenters. The molecular weight excluding hydrogens is 270 g/mol. The van der Waals surface area contributed by atoms with E-state index in [0.29, 0.717) is 12.5 Å². The molecule has 0 radical (unpaired) electrons. The molecule has 0 bridgehead atoms. The third-order valence-corrected chi connectivity index (χ3v) is 4.01. The maximum Gasteiger partial charge on any atom is 0.191 e. The van der Waals surface area contributed by atoms with Crippen LogP contribution >= 0.6 is 11.8 Å². The average Bonchev–Trinajstić information content (AvgIpc) is 2.79. The fourth-order valence-corrected chi connectivity index (χ4v) is 2.96. The second-order valence-electron chi connectivity index (χ2n) is 5.14. The van der Waals surface area contributed by atoms with E-state index >= 15 is 0 Å². The summed E-state index contributed by atoms with van der Waals surface area (Å²) in [5.74, 6) is 2.24. The lowest BCUT2D eigenvalue weighted by Gasteiger charge is -2.11. The minimum Gasteiger partial charge on any atom is -0.324 e. The second-order valence-corrected chi connectivity index (χ2v) is 6.09. The summed E-state index contributed by atoms with van der Waals surface area (Å²) < 4.78 is 2.13. The van der Waals surface area contributed by atoms with Crippen molar-refractivity contribution in [3.05, 3.63) is 35.4 Å². The smallest absolute Gasteiger partial charge is 0.191 e. The van der Waals surface area contributed by atoms with E-state index in [4.69, 9.17) is 5.73 Å². The lowest BCUT2D eigenvalue weighted by Crippen LogP contribution is -2.12. The van der Waals surface area contributed by atoms with Crippen LogP contribution in [0, 0.1) is 12.8 Å². The molecule has 0 aliphatic carbocycles. The molecule has 2 heterocycles. The predicted octanol–water partition coefficient (Wildman–Crippen LogP) is 2.39. The summed E-state index contributed by atoms with van der Waals surface area (Å²) in [4.78, 5) is 4.31. The van der Waals surface area contributed by atoms with Gasteiger partial charge in [-0.2, -0.15) is 0 Å². The van der Waals surface area contributed by atoms with E-state index in [0.717, 1.165) is 29.0 Å². The van der Waals surface area contributed by atoms with Crippen LogP contribution in [0.25, 0.3) is 0 Å². The predicted molar refractivity (Wildman–Crippen MR) is 81.3 cm³/mol. The van der Waals surface area contributed by atoms with Gasteiger partial charge < -0.3 is 10.3 Å². The van der Waals surface area contributed by atoms with Gasteiger partial charge in [-0.25, -0.2) is 0 Å². The maximum absolute atomic E-state index is 5.73. The highest BCUT2D eigenvalue weighted by molar-refractivity contribution is 7.98. The molecule has 0 aliphatic rings. The zero-order chi connectivity index (χ0) is 14.5. The highest BCUT2D eigenvalue weighted by Gasteiger charge is 2.13. The van der Waals surface area contributed by atoms with Crippen molar-refractivity contribution >= 4 is 11.8 Å². The Kier molecular flexibility index (Phi) is 5.14. The van der Waals surface area contributed by atoms with E-state index in [2.05, 4.69) is 39.7 Å². The summed E-state index contributed by atoms with van der Waals surface area (Å²) in [5, 5.41) is 9.37. The standard InChI is InChI=1S/C14H21N5S/c1-10(2)8-19-13(7-15)17-18-14(19)20-9-12-5-4-6-16-11(12)3/h4-6,10H,7-9,15H2,1-3H3. The van der Waals surface area contributed by atoms with Gasteiger partial charge in [0.2, 0.25) is 0 Å². The number of hydrogen-bond acceptors (Lipinski definition) is 5. The van der Waals surface area contributed by atoms with Gasteiger partial charge in [-0.05, 0) is 24.5 Å². The summed E-state index contributed by atoms with van der Waals surface area (Å²) in [6, 6.07) is 4.06. The number of rotatable bonds is 6. The quantitative estimate of drug-likeness (QED) is 0.828. The molecule has 2 rings (SSSR count). The SMILES string of the molecule is Cc1ncccc1CSc1nnc(CN)n1CC(C)C. The van der Waals surface area contributed by atoms with Crippen molar-refractivity contribution in [3.63, 3.8) is 0 Å². The van der Waals surface area contributed by atoms with Gasteiger partial charge >= 0.3 is 0 Å². The molecule has 0 amide bonds. The van der Waals surface area contributed by atoms with E-state index in [-0.39, 0.29) is 0 Å². The summed E-state index contributed by atoms with van der Waals surface area (Å²) in [7, 11) is 0. The first-order valence-electron chi connectivity index (χ1n) is 6.77. The number of aryl methyl sites for hydroxylation is 1. The van der Waals surface area contributed by atoms with Crippen molar-refractivity contribution in [3.8, 4) is 0 Å². The Morgan fingerprint density at radius 3 is 2.80 bits per heavy atom. The Bertz CT molecular complexity index is 564. The third-order valence-electron chi connectivity index (χ3n) is 3.00. The second kappa shape index (κ2) is 6.85. The van der Waals surface area contributed by atoms with Crippen molar-refractivity contribution in [1.29, 1.82) is 0 Å². The minimum atomic E-state index is 0.423. The fourth-order valence-electron chi connectivity index (χ4n) is 1.94. The van der Waals surface area contributed by atoms with Crippen LogP contribution in [0.1, 0.15) is 30.9 Å². The van der Waals surface area contributed by atoms with Gasteiger partial charge in [0.05, 0.1) is 6.54 Å². The lowest BCUT2D eigenvalue weighted by atomic mass is 10.2. The highest BCUT2D eigenvalue weighted by Crippen LogP contribution is 2.23. The van der Waals surface area contributed by atoms with Gasteiger partial charge in [-0.3, -0.25) is 4.98 Å². The average molecular weight is 291 g/mol. The number of pyridine rings is 1. The first kappa shape index (κ1) is 15.0. The minimum absolute atomic E-state index is 0.423. The molecule has 20 heavy (non-hydrogen) atoms. The summed E-state index contributed by atoms with van der Waals surface area (Å²) in [6.45, 7) is 7.71. The summed E-state index contributed by atoms with van der Waals surface area (Å²) in [6.07, 6.45) is 1.82. The normalized spacial score (nSPS) is 11.2. The maximum atomic E-state index is 5.73. The van der Waals surface area contributed by atoms with Crippen molar-refractivity contribution < 1.29 is 0 Å². The summed E-state index contributed by atoms with van der Waals surface area (Å²) >= 11 is 1.69. The van der Waals surface area contributed by atoms with E-state index in [9.17, 15) is 0 Å². The van der Waals surface area contributed by atoms with Crippen molar-refractivity contribution in [1.82, 2.24) is 19.7 Å². The van der Waals surface area contributed by atoms with Gasteiger partial charge in [-0.15, -0.1) is 10.2 Å². The number of aromatic nitrogens is 4. The number of hydrogen-bond donors (Lipinski definition) is 1. The fraction of sp³-hybridized carbons (Fsp3) is 0.500. The Labute approximate surface area is 124 Å². The van der Waals surface area contributed by atoms with Crippen LogP contribution < -0.4 is 5.73 Å². The third kappa shape index (κ3) is 3.58. The Balaban J connectivity index is 2.13. The first-order valence-corrected chi connectivity index (χ1v) is 7.75. The Morgan fingerprint density at radius 1 is 1.35 bits per heavy atom. The molecule has 108 valence electrons. The van der Waals surface area contributed by atoms with Crippen LogP contribution in [0.4, 0.5) is 0 Å². The zero-order valence-corrected chi connectivity index (χ0v) is 13.0. The van der Waals surface area contributed by atoms with E-state index in [1.54, 1.807) is 11.8 Å². The monoisotopic (exact) mass is 291 g/mol. The molecule has 0 unspecified atom stereocenters. The molecule has 0 fully saturated rings.